The van der Waals surface area contributed by atoms with Gasteiger partial charge in [0, 0.05) is 0 Å². The van der Waals surface area contributed by atoms with Crippen LogP contribution < -0.4 is 0 Å². The second kappa shape index (κ2) is 16.2. The Morgan fingerprint density at radius 2 is 1.31 bits per heavy atom. The van der Waals surface area contributed by atoms with Crippen molar-refractivity contribution in [3.63, 3.8) is 0 Å². The number of rotatable bonds is 6. The highest BCUT2D eigenvalue weighted by Gasteiger charge is 2.00. The van der Waals surface area contributed by atoms with Gasteiger partial charge in [0.15, 0.2) is 0 Å². The van der Waals surface area contributed by atoms with E-state index in [1.165, 1.54) is 38.5 Å². The summed E-state index contributed by atoms with van der Waals surface area (Å²) in [5, 5.41) is 0. The minimum absolute atomic E-state index is 1.06. The summed E-state index contributed by atoms with van der Waals surface area (Å²) in [6, 6.07) is 0. The van der Waals surface area contributed by atoms with Gasteiger partial charge in [-0.1, -0.05) is 39.0 Å². The van der Waals surface area contributed by atoms with Crippen LogP contribution in [0.4, 0.5) is 0 Å². The molecule has 0 aliphatic heterocycles. The summed E-state index contributed by atoms with van der Waals surface area (Å²) >= 11 is 2.42. The normalized spacial score (nSPS) is 9.00. The van der Waals surface area contributed by atoms with E-state index < -0.39 is 11.4 Å². The molecule has 0 heterocycles. The summed E-state index contributed by atoms with van der Waals surface area (Å²) in [7, 11) is 14.8. The predicted molar refractivity (Wildman–Crippen MR) is 70.5 cm³/mol. The molecule has 0 bridgehead atoms. The van der Waals surface area contributed by atoms with E-state index in [0.29, 0.717) is 0 Å². The fourth-order valence-electron chi connectivity index (χ4n) is 0.892. The van der Waals surface area contributed by atoms with Gasteiger partial charge < -0.3 is 0 Å². The molecule has 80 valence electrons. The number of thiol groups is 1. The minimum atomic E-state index is -1.72. The summed E-state index contributed by atoms with van der Waals surface area (Å²) in [4.78, 5) is 0. The van der Waals surface area contributed by atoms with Gasteiger partial charge in [-0.2, -0.15) is 12.6 Å². The molecule has 0 aliphatic carbocycles. The van der Waals surface area contributed by atoms with Gasteiger partial charge in [-0.25, -0.2) is 30.1 Å². The van der Waals surface area contributed by atoms with Crippen molar-refractivity contribution in [2.75, 3.05) is 5.75 Å². The zero-order valence-electron chi connectivity index (χ0n) is 8.11. The average molecular weight is 280 g/mol. The Morgan fingerprint density at radius 3 is 1.69 bits per heavy atom. The van der Waals surface area contributed by atoms with Crippen LogP contribution in [0.2, 0.25) is 0 Å². The lowest BCUT2D eigenvalue weighted by atomic mass is 10.1. The second-order valence-electron chi connectivity index (χ2n) is 2.74. The summed E-state index contributed by atoms with van der Waals surface area (Å²) < 4.78 is 0. The van der Waals surface area contributed by atoms with Gasteiger partial charge in [0.05, 0.1) is 0 Å². The van der Waals surface area contributed by atoms with Crippen molar-refractivity contribution in [1.82, 2.24) is 0 Å². The van der Waals surface area contributed by atoms with Gasteiger partial charge in [-0.3, -0.25) is 0 Å². The van der Waals surface area contributed by atoms with Crippen molar-refractivity contribution in [2.45, 2.75) is 45.4 Å². The van der Waals surface area contributed by atoms with E-state index in [2.05, 4.69) is 19.6 Å². The third-order valence-corrected chi connectivity index (χ3v) is 1.83. The molecule has 0 saturated carbocycles. The zero-order chi connectivity index (χ0) is 10.5. The quantitative estimate of drug-likeness (QED) is 0.396. The van der Waals surface area contributed by atoms with Crippen molar-refractivity contribution >= 4 is 54.2 Å². The van der Waals surface area contributed by atoms with Gasteiger partial charge in [0.25, 0.3) is 0 Å². The summed E-state index contributed by atoms with van der Waals surface area (Å²) in [6.07, 6.45) is 8.27. The maximum Gasteiger partial charge on any atom is 0.643 e. The van der Waals surface area contributed by atoms with E-state index in [9.17, 15) is 0 Å². The molecule has 0 aliphatic rings. The van der Waals surface area contributed by atoms with E-state index in [0.717, 1.165) is 5.75 Å². The number of unbranched alkanes of at least 4 members (excludes halogenated alkanes) is 5. The molecule has 0 fully saturated rings. The lowest BCUT2D eigenvalue weighted by Gasteiger charge is -1.95. The van der Waals surface area contributed by atoms with Crippen molar-refractivity contribution in [3.8, 4) is 0 Å². The average Bonchev–Trinajstić information content (AvgIpc) is 2.03. The molecule has 0 atom stereocenters. The van der Waals surface area contributed by atoms with Crippen molar-refractivity contribution < 1.29 is 0 Å². The van der Waals surface area contributed by atoms with Crippen LogP contribution in [0.15, 0.2) is 0 Å². The highest BCUT2D eigenvalue weighted by molar-refractivity contribution is 7.80. The Kier molecular flexibility index (Phi) is 21.4. The Morgan fingerprint density at radius 1 is 0.923 bits per heavy atom. The molecule has 5 heteroatoms. The smallest absolute Gasteiger partial charge is 0.214 e. The SMILES string of the molecule is CCCCCCCCS.[Cl][Al]([Cl])[Cl]. The first kappa shape index (κ1) is 17.2. The lowest BCUT2D eigenvalue weighted by molar-refractivity contribution is 0.627. The third kappa shape index (κ3) is 31.6. The minimum Gasteiger partial charge on any atom is -0.214 e. The Hall–Kier alpha value is 1.75. The Balaban J connectivity index is 0. The van der Waals surface area contributed by atoms with Crippen LogP contribution in [0.5, 0.6) is 0 Å². The molecule has 0 amide bonds. The second-order valence-corrected chi connectivity index (χ2v) is 9.62. The largest absolute Gasteiger partial charge is 0.643 e. The van der Waals surface area contributed by atoms with Crippen LogP contribution in [0.1, 0.15) is 45.4 Å². The maximum atomic E-state index is 4.94. The molecule has 0 N–H and O–H groups in total. The monoisotopic (exact) mass is 278 g/mol. The van der Waals surface area contributed by atoms with Crippen LogP contribution in [0, 0.1) is 0 Å². The van der Waals surface area contributed by atoms with Crippen LogP contribution in [0.3, 0.4) is 0 Å². The fraction of sp³-hybridized carbons (Fsp3) is 1.00. The molecule has 0 aromatic heterocycles. The van der Waals surface area contributed by atoms with E-state index in [1.54, 1.807) is 0 Å². The van der Waals surface area contributed by atoms with Gasteiger partial charge in [-0.15, -0.1) is 0 Å². The Bertz CT molecular complexity index is 75.0. The molecule has 0 radical (unpaired) electrons. The summed E-state index contributed by atoms with van der Waals surface area (Å²) in [5.74, 6) is 1.06. The molecule has 0 saturated heterocycles. The van der Waals surface area contributed by atoms with E-state index in [-0.39, 0.29) is 0 Å². The lowest BCUT2D eigenvalue weighted by Crippen LogP contribution is -1.78. The zero-order valence-corrected chi connectivity index (χ0v) is 12.4. The van der Waals surface area contributed by atoms with E-state index in [1.807, 2.05) is 0 Å². The number of hydrogen-bond acceptors (Lipinski definition) is 1. The van der Waals surface area contributed by atoms with Crippen LogP contribution >= 0.6 is 42.8 Å². The molecular weight excluding hydrogens is 261 g/mol. The molecule has 0 rings (SSSR count). The summed E-state index contributed by atoms with van der Waals surface area (Å²) in [5.41, 5.74) is 0. The summed E-state index contributed by atoms with van der Waals surface area (Å²) in [6.45, 7) is 2.25. The van der Waals surface area contributed by atoms with E-state index >= 15 is 0 Å². The standard InChI is InChI=1S/C8H18S.Al.3ClH/c1-2-3-4-5-6-7-8-9;;;;/h9H,2-8H2,1H3;;3*1H/q;+3;;;/p-3. The molecule has 0 unspecified atom stereocenters. The molecule has 13 heavy (non-hydrogen) atoms. The van der Waals surface area contributed by atoms with Gasteiger partial charge in [0.1, 0.15) is 0 Å². The van der Waals surface area contributed by atoms with E-state index in [4.69, 9.17) is 30.1 Å². The first-order chi connectivity index (χ1) is 6.15. The van der Waals surface area contributed by atoms with Crippen LogP contribution in [-0.2, 0) is 0 Å². The molecule has 0 spiro atoms. The molecule has 0 aromatic rings. The predicted octanol–water partition coefficient (Wildman–Crippen LogP) is 4.96. The molecular formula is C8H18AlCl3S. The van der Waals surface area contributed by atoms with Gasteiger partial charge >= 0.3 is 11.4 Å². The van der Waals surface area contributed by atoms with Crippen LogP contribution in [-0.4, -0.2) is 17.1 Å². The van der Waals surface area contributed by atoms with Crippen molar-refractivity contribution in [2.24, 2.45) is 0 Å². The van der Waals surface area contributed by atoms with Crippen LogP contribution in [0.25, 0.3) is 0 Å². The molecule has 0 nitrogen and oxygen atoms in total. The highest BCUT2D eigenvalue weighted by atomic mass is 35.8. The number of hydrogen-bond donors (Lipinski definition) is 1. The third-order valence-electron chi connectivity index (χ3n) is 1.51. The number of halogens is 3. The first-order valence-corrected chi connectivity index (χ1v) is 10.5. The highest BCUT2D eigenvalue weighted by Crippen LogP contribution is 2.04. The topological polar surface area (TPSA) is 0 Å². The van der Waals surface area contributed by atoms with Crippen molar-refractivity contribution in [1.29, 1.82) is 0 Å². The first-order valence-electron chi connectivity index (χ1n) is 4.68. The van der Waals surface area contributed by atoms with Gasteiger partial charge in [0.2, 0.25) is 0 Å². The maximum absolute atomic E-state index is 4.94. The fourth-order valence-corrected chi connectivity index (χ4v) is 1.12. The molecule has 0 aromatic carbocycles. The van der Waals surface area contributed by atoms with Gasteiger partial charge in [-0.05, 0) is 12.2 Å². The Labute approximate surface area is 105 Å². The van der Waals surface area contributed by atoms with Crippen molar-refractivity contribution in [3.05, 3.63) is 0 Å².